The van der Waals surface area contributed by atoms with E-state index in [0.29, 0.717) is 12.1 Å². The van der Waals surface area contributed by atoms with Gasteiger partial charge in [0.1, 0.15) is 10.6 Å². The van der Waals surface area contributed by atoms with Gasteiger partial charge in [-0.2, -0.15) is 0 Å². The Morgan fingerprint density at radius 1 is 1.17 bits per heavy atom. The van der Waals surface area contributed by atoms with Crippen molar-refractivity contribution in [1.29, 1.82) is 0 Å². The highest BCUT2D eigenvalue weighted by Gasteiger charge is 2.27. The molecule has 0 aliphatic rings. The molecule has 0 spiro atoms. The van der Waals surface area contributed by atoms with E-state index in [1.165, 1.54) is 33.3 Å². The molecule has 0 radical (unpaired) electrons. The fourth-order valence-electron chi connectivity index (χ4n) is 3.07. The Kier molecular flexibility index (Phi) is 7.85. The normalized spacial score (nSPS) is 12.7. The van der Waals surface area contributed by atoms with Gasteiger partial charge in [0.05, 0.1) is 13.2 Å². The molecule has 2 aromatic rings. The molecule has 0 bridgehead atoms. The predicted octanol–water partition coefficient (Wildman–Crippen LogP) is 4.32. The molecule has 0 aliphatic carbocycles. The van der Waals surface area contributed by atoms with Gasteiger partial charge in [-0.05, 0) is 43.2 Å². The van der Waals surface area contributed by atoms with Crippen molar-refractivity contribution in [3.63, 3.8) is 0 Å². The van der Waals surface area contributed by atoms with Crippen molar-refractivity contribution in [3.05, 3.63) is 58.1 Å². The van der Waals surface area contributed by atoms with Crippen LogP contribution in [0, 0.1) is 0 Å². The summed E-state index contributed by atoms with van der Waals surface area (Å²) in [5, 5.41) is 0. The van der Waals surface area contributed by atoms with Crippen molar-refractivity contribution in [2.75, 3.05) is 27.7 Å². The molecule has 158 valence electrons. The SMILES string of the molecule is CCCN(C(=O)c1ccc(OC)c(S(=O)(=O)N(C)C)c1)C(C)c1ccccc1Br. The molecule has 29 heavy (non-hydrogen) atoms. The first-order chi connectivity index (χ1) is 13.6. The van der Waals surface area contributed by atoms with Crippen LogP contribution in [0.4, 0.5) is 0 Å². The molecular weight excluding hydrogens is 456 g/mol. The number of nitrogens with zero attached hydrogens (tertiary/aromatic N) is 2. The zero-order valence-electron chi connectivity index (χ0n) is 17.3. The van der Waals surface area contributed by atoms with Crippen LogP contribution < -0.4 is 4.74 Å². The van der Waals surface area contributed by atoms with E-state index in [9.17, 15) is 13.2 Å². The maximum atomic E-state index is 13.4. The molecule has 1 atom stereocenters. The Morgan fingerprint density at radius 3 is 2.38 bits per heavy atom. The van der Waals surface area contributed by atoms with E-state index in [1.807, 2.05) is 38.1 Å². The highest BCUT2D eigenvalue weighted by atomic mass is 79.9. The Balaban J connectivity index is 2.51. The van der Waals surface area contributed by atoms with E-state index in [0.717, 1.165) is 20.8 Å². The van der Waals surface area contributed by atoms with Crippen LogP contribution in [0.1, 0.15) is 42.2 Å². The number of halogens is 1. The number of sulfonamides is 1. The van der Waals surface area contributed by atoms with E-state index in [1.54, 1.807) is 11.0 Å². The maximum Gasteiger partial charge on any atom is 0.254 e. The van der Waals surface area contributed by atoms with Crippen LogP contribution in [0.5, 0.6) is 5.75 Å². The number of rotatable bonds is 8. The fraction of sp³-hybridized carbons (Fsp3) is 0.381. The molecule has 6 nitrogen and oxygen atoms in total. The van der Waals surface area contributed by atoms with E-state index in [-0.39, 0.29) is 22.6 Å². The summed E-state index contributed by atoms with van der Waals surface area (Å²) >= 11 is 3.55. The summed E-state index contributed by atoms with van der Waals surface area (Å²) in [4.78, 5) is 15.1. The van der Waals surface area contributed by atoms with Crippen molar-refractivity contribution >= 4 is 31.9 Å². The Labute approximate surface area is 181 Å². The van der Waals surface area contributed by atoms with E-state index >= 15 is 0 Å². The van der Waals surface area contributed by atoms with Crippen LogP contribution in [0.3, 0.4) is 0 Å². The topological polar surface area (TPSA) is 66.9 Å². The van der Waals surface area contributed by atoms with Gasteiger partial charge < -0.3 is 9.64 Å². The number of benzene rings is 2. The van der Waals surface area contributed by atoms with Gasteiger partial charge in [-0.25, -0.2) is 12.7 Å². The second-order valence-corrected chi connectivity index (χ2v) is 9.82. The highest BCUT2D eigenvalue weighted by molar-refractivity contribution is 9.10. The predicted molar refractivity (Wildman–Crippen MR) is 118 cm³/mol. The summed E-state index contributed by atoms with van der Waals surface area (Å²) in [6.07, 6.45) is 0.777. The van der Waals surface area contributed by atoms with Gasteiger partial charge >= 0.3 is 0 Å². The van der Waals surface area contributed by atoms with Crippen molar-refractivity contribution in [3.8, 4) is 5.75 Å². The largest absolute Gasteiger partial charge is 0.495 e. The number of carbonyl (C=O) groups excluding carboxylic acids is 1. The minimum Gasteiger partial charge on any atom is -0.495 e. The molecular formula is C21H27BrN2O4S. The molecule has 0 aliphatic heterocycles. The Bertz CT molecular complexity index is 976. The molecule has 0 heterocycles. The van der Waals surface area contributed by atoms with Gasteiger partial charge in [0.15, 0.2) is 0 Å². The summed E-state index contributed by atoms with van der Waals surface area (Å²) in [5.41, 5.74) is 1.29. The Morgan fingerprint density at radius 2 is 1.83 bits per heavy atom. The van der Waals surface area contributed by atoms with Gasteiger partial charge in [-0.3, -0.25) is 4.79 Å². The van der Waals surface area contributed by atoms with Crippen molar-refractivity contribution in [2.45, 2.75) is 31.2 Å². The fourth-order valence-corrected chi connectivity index (χ4v) is 4.76. The first-order valence-corrected chi connectivity index (χ1v) is 11.5. The van der Waals surface area contributed by atoms with Crippen LogP contribution in [0.2, 0.25) is 0 Å². The molecule has 1 unspecified atom stereocenters. The third-order valence-electron chi connectivity index (χ3n) is 4.72. The standard InChI is InChI=1S/C21H27BrN2O4S/c1-6-13-24(15(2)17-9-7-8-10-18(17)22)21(25)16-11-12-19(28-5)20(14-16)29(26,27)23(3)4/h7-12,14-15H,6,13H2,1-5H3. The van der Waals surface area contributed by atoms with Gasteiger partial charge in [-0.1, -0.05) is 41.1 Å². The molecule has 2 aromatic carbocycles. The second-order valence-electron chi connectivity index (χ2n) is 6.85. The minimum atomic E-state index is -3.76. The lowest BCUT2D eigenvalue weighted by atomic mass is 10.0. The van der Waals surface area contributed by atoms with Crippen LogP contribution in [0.25, 0.3) is 0 Å². The molecule has 1 amide bonds. The van der Waals surface area contributed by atoms with Crippen molar-refractivity contribution < 1.29 is 17.9 Å². The van der Waals surface area contributed by atoms with E-state index < -0.39 is 10.0 Å². The van der Waals surface area contributed by atoms with E-state index in [2.05, 4.69) is 15.9 Å². The van der Waals surface area contributed by atoms with Crippen LogP contribution in [-0.2, 0) is 10.0 Å². The summed E-state index contributed by atoms with van der Waals surface area (Å²) in [7, 11) is 0.536. The number of methoxy groups -OCH3 is 1. The summed E-state index contributed by atoms with van der Waals surface area (Å²) in [6.45, 7) is 4.51. The number of ether oxygens (including phenoxy) is 1. The first kappa shape index (κ1) is 23.4. The second kappa shape index (κ2) is 9.73. The third-order valence-corrected chi connectivity index (χ3v) is 7.28. The lowest BCUT2D eigenvalue weighted by Crippen LogP contribution is -2.34. The van der Waals surface area contributed by atoms with Crippen molar-refractivity contribution in [1.82, 2.24) is 9.21 Å². The third kappa shape index (κ3) is 4.99. The van der Waals surface area contributed by atoms with Crippen molar-refractivity contribution in [2.24, 2.45) is 0 Å². The molecule has 0 saturated carbocycles. The van der Waals surface area contributed by atoms with Crippen LogP contribution in [-0.4, -0.2) is 51.3 Å². The summed E-state index contributed by atoms with van der Waals surface area (Å²) in [6, 6.07) is 12.1. The van der Waals surface area contributed by atoms with Gasteiger partial charge in [-0.15, -0.1) is 0 Å². The molecule has 0 aromatic heterocycles. The summed E-state index contributed by atoms with van der Waals surface area (Å²) < 4.78 is 32.6. The number of amides is 1. The first-order valence-electron chi connectivity index (χ1n) is 9.31. The van der Waals surface area contributed by atoms with Gasteiger partial charge in [0.25, 0.3) is 5.91 Å². The van der Waals surface area contributed by atoms with Gasteiger partial charge in [0.2, 0.25) is 10.0 Å². The van der Waals surface area contributed by atoms with Crippen LogP contribution in [0.15, 0.2) is 51.8 Å². The Hall–Kier alpha value is -1.90. The molecule has 8 heteroatoms. The van der Waals surface area contributed by atoms with Gasteiger partial charge in [0, 0.05) is 30.7 Å². The average molecular weight is 483 g/mol. The van der Waals surface area contributed by atoms with E-state index in [4.69, 9.17) is 4.74 Å². The number of hydrogen-bond donors (Lipinski definition) is 0. The maximum absolute atomic E-state index is 13.4. The zero-order chi connectivity index (χ0) is 21.8. The lowest BCUT2D eigenvalue weighted by Gasteiger charge is -2.30. The molecule has 0 fully saturated rings. The quantitative estimate of drug-likeness (QED) is 0.561. The number of hydrogen-bond acceptors (Lipinski definition) is 4. The highest BCUT2D eigenvalue weighted by Crippen LogP contribution is 2.31. The zero-order valence-corrected chi connectivity index (χ0v) is 19.7. The van der Waals surface area contributed by atoms with Crippen LogP contribution >= 0.6 is 15.9 Å². The molecule has 0 N–H and O–H groups in total. The lowest BCUT2D eigenvalue weighted by molar-refractivity contribution is 0.0690. The monoisotopic (exact) mass is 482 g/mol. The average Bonchev–Trinajstić information content (AvgIpc) is 2.70. The molecule has 2 rings (SSSR count). The smallest absolute Gasteiger partial charge is 0.254 e. The molecule has 0 saturated heterocycles. The summed E-state index contributed by atoms with van der Waals surface area (Å²) in [5.74, 6) is -0.0240. The number of carbonyl (C=O) groups is 1. The minimum absolute atomic E-state index is 0.0270.